The van der Waals surface area contributed by atoms with Crippen LogP contribution in [0, 0.1) is 11.8 Å². The SMILES string of the molecule is CCO[C@H]1CC[C@H](CN2Cc3cc(C(=O)N[C@@H](CO)c4ccc(S(=O)(=O)CC)cc4)cnc3[C@@H]2C(C)C)CC1. The molecule has 214 valence electrons. The lowest BCUT2D eigenvalue weighted by molar-refractivity contribution is 0.0174. The van der Waals surface area contributed by atoms with Crippen molar-refractivity contribution in [2.45, 2.75) is 83.0 Å². The predicted molar refractivity (Wildman–Crippen MR) is 151 cm³/mol. The minimum atomic E-state index is -3.32. The second kappa shape index (κ2) is 12.9. The first-order valence-corrected chi connectivity index (χ1v) is 15.9. The standard InChI is InChI=1S/C30H43N3O5S/c1-5-38-25-11-7-21(8-12-25)17-33-18-24-15-23(16-31-28(24)29(33)20(3)4)30(35)32-27(19-34)22-9-13-26(14-10-22)39(36,37)6-2/h9-10,13-16,20-21,25,27,29,34H,5-8,11-12,17-19H2,1-4H3,(H,32,35)/t21-,25-,27-,29-/m0/s1. The second-order valence-corrected chi connectivity index (χ2v) is 13.4. The quantitative estimate of drug-likeness (QED) is 0.420. The van der Waals surface area contributed by atoms with Crippen molar-refractivity contribution in [2.24, 2.45) is 11.8 Å². The van der Waals surface area contributed by atoms with Crippen LogP contribution < -0.4 is 5.32 Å². The van der Waals surface area contributed by atoms with E-state index in [1.165, 1.54) is 25.0 Å². The Morgan fingerprint density at radius 3 is 2.44 bits per heavy atom. The molecule has 8 nitrogen and oxygen atoms in total. The van der Waals surface area contributed by atoms with E-state index in [-0.39, 0.29) is 29.2 Å². The number of carbonyl (C=O) groups is 1. The molecule has 1 amide bonds. The Balaban J connectivity index is 1.44. The molecule has 0 radical (unpaired) electrons. The first-order valence-electron chi connectivity index (χ1n) is 14.3. The summed E-state index contributed by atoms with van der Waals surface area (Å²) < 4.78 is 30.1. The van der Waals surface area contributed by atoms with E-state index in [1.807, 2.05) is 6.07 Å². The topological polar surface area (TPSA) is 109 Å². The van der Waals surface area contributed by atoms with Crippen molar-refractivity contribution in [1.82, 2.24) is 15.2 Å². The molecule has 0 bridgehead atoms. The molecule has 2 aliphatic rings. The Hall–Kier alpha value is -2.33. The molecular weight excluding hydrogens is 514 g/mol. The number of rotatable bonds is 11. The maximum Gasteiger partial charge on any atom is 0.253 e. The van der Waals surface area contributed by atoms with Gasteiger partial charge in [0, 0.05) is 25.9 Å². The van der Waals surface area contributed by atoms with Crippen LogP contribution in [0.1, 0.15) is 92.6 Å². The summed E-state index contributed by atoms with van der Waals surface area (Å²) in [5.74, 6) is 0.742. The van der Waals surface area contributed by atoms with E-state index in [0.29, 0.717) is 29.1 Å². The summed E-state index contributed by atoms with van der Waals surface area (Å²) in [6.07, 6.45) is 6.63. The summed E-state index contributed by atoms with van der Waals surface area (Å²) in [4.78, 5) is 20.7. The number of hydrogen-bond acceptors (Lipinski definition) is 7. The number of nitrogens with one attached hydrogen (secondary N) is 1. The van der Waals surface area contributed by atoms with E-state index >= 15 is 0 Å². The highest BCUT2D eigenvalue weighted by Gasteiger charge is 2.36. The van der Waals surface area contributed by atoms with Gasteiger partial charge >= 0.3 is 0 Å². The Morgan fingerprint density at radius 1 is 1.15 bits per heavy atom. The van der Waals surface area contributed by atoms with E-state index in [4.69, 9.17) is 9.72 Å². The van der Waals surface area contributed by atoms with Crippen LogP contribution in [0.4, 0.5) is 0 Å². The third-order valence-electron chi connectivity index (χ3n) is 8.14. The van der Waals surface area contributed by atoms with Gasteiger partial charge in [-0.3, -0.25) is 14.7 Å². The molecular formula is C30H43N3O5S. The fourth-order valence-electron chi connectivity index (χ4n) is 6.04. The van der Waals surface area contributed by atoms with Crippen LogP contribution in [-0.2, 0) is 21.1 Å². The van der Waals surface area contributed by atoms with E-state index in [9.17, 15) is 18.3 Å². The average Bonchev–Trinajstić information content (AvgIpc) is 3.30. The number of fused-ring (bicyclic) bond motifs is 1. The van der Waals surface area contributed by atoms with Crippen molar-refractivity contribution >= 4 is 15.7 Å². The van der Waals surface area contributed by atoms with Crippen molar-refractivity contribution in [2.75, 3.05) is 25.5 Å². The Morgan fingerprint density at radius 2 is 1.85 bits per heavy atom. The summed E-state index contributed by atoms with van der Waals surface area (Å²) in [5.41, 5.74) is 3.23. The summed E-state index contributed by atoms with van der Waals surface area (Å²) in [6.45, 7) is 10.4. The third-order valence-corrected chi connectivity index (χ3v) is 9.89. The highest BCUT2D eigenvalue weighted by atomic mass is 32.2. The highest BCUT2D eigenvalue weighted by Crippen LogP contribution is 2.39. The third kappa shape index (κ3) is 6.88. The molecule has 1 aromatic heterocycles. The minimum Gasteiger partial charge on any atom is -0.394 e. The van der Waals surface area contributed by atoms with Gasteiger partial charge in [0.1, 0.15) is 0 Å². The molecule has 1 saturated carbocycles. The first-order chi connectivity index (χ1) is 18.7. The minimum absolute atomic E-state index is 0.0158. The van der Waals surface area contributed by atoms with Crippen molar-refractivity contribution in [3.63, 3.8) is 0 Å². The molecule has 2 heterocycles. The molecule has 0 saturated heterocycles. The molecule has 1 aliphatic carbocycles. The molecule has 9 heteroatoms. The van der Waals surface area contributed by atoms with Crippen molar-refractivity contribution in [1.29, 1.82) is 0 Å². The normalized spacial score (nSPS) is 22.6. The first kappa shape index (κ1) is 29.6. The molecule has 1 fully saturated rings. The summed E-state index contributed by atoms with van der Waals surface area (Å²) >= 11 is 0. The number of hydrogen-bond donors (Lipinski definition) is 2. The van der Waals surface area contributed by atoms with Crippen LogP contribution in [0.5, 0.6) is 0 Å². The number of sulfone groups is 1. The van der Waals surface area contributed by atoms with E-state index in [0.717, 1.165) is 43.8 Å². The average molecular weight is 558 g/mol. The van der Waals surface area contributed by atoms with Crippen LogP contribution >= 0.6 is 0 Å². The van der Waals surface area contributed by atoms with Gasteiger partial charge in [0.2, 0.25) is 0 Å². The van der Waals surface area contributed by atoms with Gasteiger partial charge in [-0.15, -0.1) is 0 Å². The van der Waals surface area contributed by atoms with Crippen molar-refractivity contribution < 1.29 is 23.1 Å². The molecule has 2 aromatic rings. The zero-order valence-corrected chi connectivity index (χ0v) is 24.4. The molecule has 0 unspecified atom stereocenters. The Bertz CT molecular complexity index is 1220. The van der Waals surface area contributed by atoms with Gasteiger partial charge in [0.05, 0.1) is 46.7 Å². The van der Waals surface area contributed by atoms with Crippen LogP contribution in [-0.4, -0.2) is 60.9 Å². The predicted octanol–water partition coefficient (Wildman–Crippen LogP) is 4.45. The molecule has 4 rings (SSSR count). The van der Waals surface area contributed by atoms with Crippen LogP contribution in [0.15, 0.2) is 41.4 Å². The van der Waals surface area contributed by atoms with E-state index < -0.39 is 15.9 Å². The second-order valence-electron chi connectivity index (χ2n) is 11.2. The number of aliphatic hydroxyl groups excluding tert-OH is 1. The highest BCUT2D eigenvalue weighted by molar-refractivity contribution is 7.91. The van der Waals surface area contributed by atoms with Crippen LogP contribution in [0.25, 0.3) is 0 Å². The lowest BCUT2D eigenvalue weighted by atomic mass is 9.86. The van der Waals surface area contributed by atoms with Crippen molar-refractivity contribution in [3.8, 4) is 0 Å². The summed E-state index contributed by atoms with van der Waals surface area (Å²) in [5, 5.41) is 12.9. The molecule has 1 aromatic carbocycles. The number of aromatic nitrogens is 1. The smallest absolute Gasteiger partial charge is 0.253 e. The molecule has 2 atom stereocenters. The van der Waals surface area contributed by atoms with Gasteiger partial charge in [-0.2, -0.15) is 0 Å². The van der Waals surface area contributed by atoms with Crippen molar-refractivity contribution in [3.05, 3.63) is 58.9 Å². The number of aliphatic hydroxyl groups is 1. The number of benzene rings is 1. The van der Waals surface area contributed by atoms with Gasteiger partial charge in [-0.05, 0) is 73.8 Å². The number of pyridine rings is 1. The number of ether oxygens (including phenoxy) is 1. The molecule has 1 aliphatic heterocycles. The molecule has 39 heavy (non-hydrogen) atoms. The van der Waals surface area contributed by atoms with E-state index in [1.54, 1.807) is 25.3 Å². The van der Waals surface area contributed by atoms with Crippen LogP contribution in [0.2, 0.25) is 0 Å². The van der Waals surface area contributed by atoms with Gasteiger partial charge in [0.25, 0.3) is 5.91 Å². The summed E-state index contributed by atoms with van der Waals surface area (Å²) in [7, 11) is -3.32. The van der Waals surface area contributed by atoms with Gasteiger partial charge < -0.3 is 15.2 Å². The van der Waals surface area contributed by atoms with Gasteiger partial charge in [0.15, 0.2) is 9.84 Å². The Kier molecular flexibility index (Phi) is 9.80. The summed E-state index contributed by atoms with van der Waals surface area (Å²) in [6, 6.07) is 7.81. The fraction of sp³-hybridized carbons (Fsp3) is 0.600. The van der Waals surface area contributed by atoms with E-state index in [2.05, 4.69) is 31.0 Å². The number of carbonyl (C=O) groups excluding carboxylic acids is 1. The van der Waals surface area contributed by atoms with Gasteiger partial charge in [-0.1, -0.05) is 32.9 Å². The monoisotopic (exact) mass is 557 g/mol. The van der Waals surface area contributed by atoms with Crippen LogP contribution in [0.3, 0.4) is 0 Å². The zero-order chi connectivity index (χ0) is 28.2. The van der Waals surface area contributed by atoms with Gasteiger partial charge in [-0.25, -0.2) is 8.42 Å². The number of amides is 1. The number of nitrogens with zero attached hydrogens (tertiary/aromatic N) is 2. The fourth-order valence-corrected chi connectivity index (χ4v) is 6.93. The molecule has 0 spiro atoms. The lowest BCUT2D eigenvalue weighted by Gasteiger charge is -2.34. The Labute approximate surface area is 233 Å². The lowest BCUT2D eigenvalue weighted by Crippen LogP contribution is -2.34. The molecule has 2 N–H and O–H groups in total. The zero-order valence-electron chi connectivity index (χ0n) is 23.6. The maximum absolute atomic E-state index is 13.2. The maximum atomic E-state index is 13.2. The largest absolute Gasteiger partial charge is 0.394 e.